The Kier molecular flexibility index (Phi) is 3.76. The summed E-state index contributed by atoms with van der Waals surface area (Å²) < 4.78 is 0. The largest absolute Gasteiger partial charge is 0.347 e. The summed E-state index contributed by atoms with van der Waals surface area (Å²) in [6.07, 6.45) is 2.85. The Balaban J connectivity index is 2.03. The van der Waals surface area contributed by atoms with E-state index in [1.165, 1.54) is 6.20 Å². The number of imidazole rings is 1. The number of hydrogen-bond donors (Lipinski definition) is 2. The quantitative estimate of drug-likeness (QED) is 0.720. The molecule has 0 aliphatic carbocycles. The Morgan fingerprint density at radius 1 is 1.43 bits per heavy atom. The van der Waals surface area contributed by atoms with Crippen LogP contribution in [0.3, 0.4) is 0 Å². The molecule has 7 heteroatoms. The van der Waals surface area contributed by atoms with E-state index in [9.17, 15) is 4.79 Å². The minimum atomic E-state index is -0.370. The Hall–Kier alpha value is -3.22. The number of carbonyl (C=O) groups excluding carboxylic acids is 1. The molecule has 0 aliphatic heterocycles. The van der Waals surface area contributed by atoms with Crippen LogP contribution < -0.4 is 11.1 Å². The lowest BCUT2D eigenvalue weighted by molar-refractivity contribution is 0.0953. The fraction of sp³-hybridized carbons (Fsp3) is 0.125. The molecule has 0 aliphatic rings. The lowest BCUT2D eigenvalue weighted by Crippen LogP contribution is -2.24. The molecular weight excluding hydrogens is 292 g/mol. The molecule has 1 aromatic carbocycles. The minimum absolute atomic E-state index is 0.0407. The molecule has 3 N–H and O–H groups in total. The number of rotatable bonds is 4. The number of aryl methyl sites for hydroxylation is 1. The molecule has 0 spiro atoms. The first kappa shape index (κ1) is 14.7. The van der Waals surface area contributed by atoms with E-state index < -0.39 is 0 Å². The first-order chi connectivity index (χ1) is 11.1. The first-order valence-electron chi connectivity index (χ1n) is 7.03. The number of nitrogens with one attached hydrogen (secondary N) is 3. The van der Waals surface area contributed by atoms with Gasteiger partial charge < -0.3 is 10.3 Å². The van der Waals surface area contributed by atoms with E-state index in [1.807, 2.05) is 25.1 Å². The van der Waals surface area contributed by atoms with Gasteiger partial charge in [0.1, 0.15) is 5.69 Å². The highest BCUT2D eigenvalue weighted by Crippen LogP contribution is 2.23. The predicted octanol–water partition coefficient (Wildman–Crippen LogP) is 2.16. The third-order valence-electron chi connectivity index (χ3n) is 3.27. The number of aromatic amines is 1. The second-order valence-electron chi connectivity index (χ2n) is 5.06. The van der Waals surface area contributed by atoms with E-state index in [4.69, 9.17) is 5.73 Å². The summed E-state index contributed by atoms with van der Waals surface area (Å²) in [5.41, 5.74) is 11.0. The van der Waals surface area contributed by atoms with E-state index >= 15 is 0 Å². The Morgan fingerprint density at radius 2 is 2.26 bits per heavy atom. The van der Waals surface area contributed by atoms with E-state index in [-0.39, 0.29) is 23.1 Å². The van der Waals surface area contributed by atoms with Crippen molar-refractivity contribution in [1.29, 1.82) is 0 Å². The van der Waals surface area contributed by atoms with Gasteiger partial charge in [0.15, 0.2) is 17.3 Å². The van der Waals surface area contributed by atoms with Crippen molar-refractivity contribution in [3.63, 3.8) is 0 Å². The number of carbonyl (C=O) groups is 1. The van der Waals surface area contributed by atoms with E-state index in [1.54, 1.807) is 6.08 Å². The van der Waals surface area contributed by atoms with Gasteiger partial charge in [0.05, 0.1) is 17.2 Å². The fourth-order valence-electron chi connectivity index (χ4n) is 2.15. The molecular formula is C16H15N6O. The van der Waals surface area contributed by atoms with Crippen molar-refractivity contribution in [1.82, 2.24) is 31.0 Å². The number of benzene rings is 1. The summed E-state index contributed by atoms with van der Waals surface area (Å²) in [6, 6.07) is 5.81. The molecule has 0 unspecified atom stereocenters. The summed E-state index contributed by atoms with van der Waals surface area (Å²) in [6.45, 7) is 5.86. The smallest absolute Gasteiger partial charge is 0.271 e. The summed E-state index contributed by atoms with van der Waals surface area (Å²) in [5.74, 6) is 0.00752. The predicted molar refractivity (Wildman–Crippen MR) is 87.1 cm³/mol. The number of hydrogen-bond acceptors (Lipinski definition) is 4. The zero-order chi connectivity index (χ0) is 16.4. The lowest BCUT2D eigenvalue weighted by atomic mass is 10.2. The fourth-order valence-corrected chi connectivity index (χ4v) is 2.15. The van der Waals surface area contributed by atoms with Gasteiger partial charge in [-0.25, -0.2) is 15.0 Å². The van der Waals surface area contributed by atoms with Crippen molar-refractivity contribution in [3.05, 3.63) is 48.3 Å². The molecule has 2 aromatic heterocycles. The summed E-state index contributed by atoms with van der Waals surface area (Å²) in [7, 11) is 0. The minimum Gasteiger partial charge on any atom is -0.347 e. The highest BCUT2D eigenvalue weighted by Gasteiger charge is 2.15. The maximum absolute atomic E-state index is 12.0. The zero-order valence-corrected chi connectivity index (χ0v) is 12.6. The molecule has 7 nitrogen and oxygen atoms in total. The molecule has 0 fully saturated rings. The maximum atomic E-state index is 12.0. The molecule has 2 heterocycles. The van der Waals surface area contributed by atoms with Crippen LogP contribution in [0.1, 0.15) is 16.1 Å². The van der Waals surface area contributed by atoms with Gasteiger partial charge in [-0.05, 0) is 24.6 Å². The molecule has 0 saturated carbocycles. The second kappa shape index (κ2) is 5.88. The van der Waals surface area contributed by atoms with Gasteiger partial charge in [0.2, 0.25) is 0 Å². The number of H-pyrrole nitrogens is 1. The van der Waals surface area contributed by atoms with Crippen LogP contribution in [0.4, 0.5) is 5.82 Å². The average Bonchev–Trinajstić information content (AvgIpc) is 2.95. The van der Waals surface area contributed by atoms with Crippen molar-refractivity contribution in [2.45, 2.75) is 6.92 Å². The van der Waals surface area contributed by atoms with Crippen LogP contribution in [-0.4, -0.2) is 32.4 Å². The van der Waals surface area contributed by atoms with Crippen LogP contribution in [0, 0.1) is 6.92 Å². The topological polar surface area (TPSA) is 107 Å². The molecule has 115 valence electrons. The van der Waals surface area contributed by atoms with Crippen molar-refractivity contribution in [2.24, 2.45) is 0 Å². The SMILES string of the molecule is C=CCNC(=O)c1cnc([NH])c(-c2nc3ccc(C)cc3[nH]2)n1. The molecule has 0 bridgehead atoms. The normalized spacial score (nSPS) is 10.7. The van der Waals surface area contributed by atoms with E-state index in [2.05, 4.69) is 31.8 Å². The van der Waals surface area contributed by atoms with Gasteiger partial charge in [-0.2, -0.15) is 0 Å². The highest BCUT2D eigenvalue weighted by atomic mass is 16.1. The van der Waals surface area contributed by atoms with Gasteiger partial charge in [-0.3, -0.25) is 10.5 Å². The monoisotopic (exact) mass is 307 g/mol. The molecule has 0 atom stereocenters. The third-order valence-corrected chi connectivity index (χ3v) is 3.27. The van der Waals surface area contributed by atoms with Gasteiger partial charge in [-0.1, -0.05) is 12.1 Å². The van der Waals surface area contributed by atoms with Gasteiger partial charge in [0, 0.05) is 6.54 Å². The number of amides is 1. The summed E-state index contributed by atoms with van der Waals surface area (Å²) >= 11 is 0. The Morgan fingerprint density at radius 3 is 3.04 bits per heavy atom. The van der Waals surface area contributed by atoms with Crippen LogP contribution in [0.25, 0.3) is 22.6 Å². The third kappa shape index (κ3) is 2.89. The molecule has 1 radical (unpaired) electrons. The van der Waals surface area contributed by atoms with E-state index in [0.717, 1.165) is 16.6 Å². The van der Waals surface area contributed by atoms with Crippen LogP contribution in [0.2, 0.25) is 0 Å². The van der Waals surface area contributed by atoms with Crippen LogP contribution >= 0.6 is 0 Å². The van der Waals surface area contributed by atoms with Gasteiger partial charge in [0.25, 0.3) is 5.91 Å². The Labute approximate surface area is 132 Å². The molecule has 3 aromatic rings. The van der Waals surface area contributed by atoms with Crippen molar-refractivity contribution >= 4 is 22.8 Å². The van der Waals surface area contributed by atoms with Gasteiger partial charge in [-0.15, -0.1) is 6.58 Å². The van der Waals surface area contributed by atoms with Crippen LogP contribution in [-0.2, 0) is 0 Å². The van der Waals surface area contributed by atoms with E-state index in [0.29, 0.717) is 12.4 Å². The Bertz CT molecular complexity index is 899. The van der Waals surface area contributed by atoms with Crippen molar-refractivity contribution < 1.29 is 4.79 Å². The zero-order valence-electron chi connectivity index (χ0n) is 12.6. The summed E-state index contributed by atoms with van der Waals surface area (Å²) in [5, 5.41) is 2.63. The molecule has 3 rings (SSSR count). The maximum Gasteiger partial charge on any atom is 0.271 e. The average molecular weight is 307 g/mol. The molecule has 1 amide bonds. The second-order valence-corrected chi connectivity index (χ2v) is 5.06. The number of fused-ring (bicyclic) bond motifs is 1. The van der Waals surface area contributed by atoms with Crippen molar-refractivity contribution in [3.8, 4) is 11.5 Å². The van der Waals surface area contributed by atoms with Gasteiger partial charge >= 0.3 is 0 Å². The van der Waals surface area contributed by atoms with Crippen LogP contribution in [0.5, 0.6) is 0 Å². The lowest BCUT2D eigenvalue weighted by Gasteiger charge is -2.04. The molecule has 23 heavy (non-hydrogen) atoms. The highest BCUT2D eigenvalue weighted by molar-refractivity contribution is 5.93. The standard InChI is InChI=1S/C16H15N6O/c1-3-6-18-16(23)12-8-19-14(17)13(20-12)15-21-10-5-4-9(2)7-11(10)22-15/h3-5,7-8,17H,1,6H2,2H3,(H,18,23)(H,21,22). The summed E-state index contributed by atoms with van der Waals surface area (Å²) in [4.78, 5) is 27.7. The van der Waals surface area contributed by atoms with Crippen LogP contribution in [0.15, 0.2) is 37.1 Å². The van der Waals surface area contributed by atoms with Crippen molar-refractivity contribution in [2.75, 3.05) is 6.54 Å². The number of nitrogens with zero attached hydrogens (tertiary/aromatic N) is 3. The first-order valence-corrected chi connectivity index (χ1v) is 7.03. The molecule has 0 saturated heterocycles. The number of aromatic nitrogens is 4.